The van der Waals surface area contributed by atoms with Crippen molar-refractivity contribution in [3.05, 3.63) is 59.4 Å². The number of rotatable bonds is 5. The molecule has 0 fully saturated rings. The number of hydrogen-bond donors (Lipinski definition) is 1. The van der Waals surface area contributed by atoms with Gasteiger partial charge in [-0.15, -0.1) is 0 Å². The summed E-state index contributed by atoms with van der Waals surface area (Å²) >= 11 is 0. The van der Waals surface area contributed by atoms with Crippen LogP contribution in [-0.2, 0) is 11.3 Å². The molecule has 0 bridgehead atoms. The molecule has 0 spiro atoms. The molecule has 1 aromatic heterocycles. The zero-order chi connectivity index (χ0) is 16.1. The van der Waals surface area contributed by atoms with E-state index in [9.17, 15) is 4.79 Å². The highest BCUT2D eigenvalue weighted by Crippen LogP contribution is 2.26. The van der Waals surface area contributed by atoms with Gasteiger partial charge in [0.2, 0.25) is 6.54 Å². The minimum absolute atomic E-state index is 0.00875. The summed E-state index contributed by atoms with van der Waals surface area (Å²) in [5.41, 5.74) is 4.43. The number of nitrogens with zero attached hydrogens (tertiary/aromatic N) is 1. The number of pyridine rings is 1. The van der Waals surface area contributed by atoms with Crippen LogP contribution in [0.1, 0.15) is 43.0 Å². The zero-order valence-corrected chi connectivity index (χ0v) is 13.9. The molecule has 0 aliphatic heterocycles. The minimum atomic E-state index is 0.00875. The number of nitrogens with one attached hydrogen (secondary N) is 1. The summed E-state index contributed by atoms with van der Waals surface area (Å²) < 4.78 is 1.98. The summed E-state index contributed by atoms with van der Waals surface area (Å²) in [5.74, 6) is 0.444. The van der Waals surface area contributed by atoms with Gasteiger partial charge in [-0.05, 0) is 37.0 Å². The van der Waals surface area contributed by atoms with E-state index in [1.165, 1.54) is 11.1 Å². The Balaban J connectivity index is 2.14. The van der Waals surface area contributed by atoms with Gasteiger partial charge in [-0.3, -0.25) is 4.79 Å². The molecule has 1 aromatic carbocycles. The minimum Gasteiger partial charge on any atom is -0.320 e. The van der Waals surface area contributed by atoms with Gasteiger partial charge in [0.1, 0.15) is 0 Å². The number of amides is 1. The Morgan fingerprint density at radius 2 is 1.91 bits per heavy atom. The van der Waals surface area contributed by atoms with Crippen LogP contribution >= 0.6 is 0 Å². The van der Waals surface area contributed by atoms with Crippen LogP contribution < -0.4 is 9.88 Å². The molecule has 1 atom stereocenters. The van der Waals surface area contributed by atoms with Crippen molar-refractivity contribution in [2.75, 3.05) is 5.32 Å². The quantitative estimate of drug-likeness (QED) is 0.838. The maximum Gasteiger partial charge on any atom is 0.290 e. The SMILES string of the molecule is CC[C@@H](C)c1ccccc1NC(=O)C[n+]1cccc(C)c1C. The molecule has 0 saturated heterocycles. The summed E-state index contributed by atoms with van der Waals surface area (Å²) in [7, 11) is 0. The maximum atomic E-state index is 12.4. The van der Waals surface area contributed by atoms with Crippen molar-refractivity contribution in [1.29, 1.82) is 0 Å². The first-order chi connectivity index (χ1) is 10.5. The van der Waals surface area contributed by atoms with Gasteiger partial charge in [-0.1, -0.05) is 32.0 Å². The molecule has 1 N–H and O–H groups in total. The van der Waals surface area contributed by atoms with Crippen LogP contribution in [0.4, 0.5) is 5.69 Å². The lowest BCUT2D eigenvalue weighted by atomic mass is 9.97. The van der Waals surface area contributed by atoms with Crippen molar-refractivity contribution in [2.24, 2.45) is 0 Å². The van der Waals surface area contributed by atoms with Crippen LogP contribution in [-0.4, -0.2) is 5.91 Å². The average Bonchev–Trinajstić information content (AvgIpc) is 2.51. The van der Waals surface area contributed by atoms with Gasteiger partial charge in [0.15, 0.2) is 11.9 Å². The second-order valence-electron chi connectivity index (χ2n) is 5.85. The number of aryl methyl sites for hydroxylation is 1. The molecule has 0 unspecified atom stereocenters. The number of carbonyl (C=O) groups is 1. The van der Waals surface area contributed by atoms with E-state index in [-0.39, 0.29) is 5.91 Å². The van der Waals surface area contributed by atoms with Crippen LogP contribution in [0.25, 0.3) is 0 Å². The number of carbonyl (C=O) groups excluding carboxylic acids is 1. The molecule has 0 aliphatic carbocycles. The third kappa shape index (κ3) is 3.73. The third-order valence-electron chi connectivity index (χ3n) is 4.31. The first-order valence-corrected chi connectivity index (χ1v) is 7.87. The highest BCUT2D eigenvalue weighted by atomic mass is 16.1. The highest BCUT2D eigenvalue weighted by molar-refractivity contribution is 5.90. The number of hydrogen-bond acceptors (Lipinski definition) is 1. The first kappa shape index (κ1) is 16.2. The van der Waals surface area contributed by atoms with E-state index in [1.54, 1.807) is 0 Å². The Kier molecular flexibility index (Phi) is 5.31. The summed E-state index contributed by atoms with van der Waals surface area (Å²) in [6.45, 7) is 8.78. The fourth-order valence-corrected chi connectivity index (χ4v) is 2.53. The van der Waals surface area contributed by atoms with Crippen LogP contribution in [0.5, 0.6) is 0 Å². The Hall–Kier alpha value is -2.16. The molecule has 116 valence electrons. The lowest BCUT2D eigenvalue weighted by molar-refractivity contribution is -0.690. The normalized spacial score (nSPS) is 12.0. The van der Waals surface area contributed by atoms with E-state index in [4.69, 9.17) is 0 Å². The Bertz CT molecular complexity index is 664. The van der Waals surface area contributed by atoms with Gasteiger partial charge in [0, 0.05) is 24.2 Å². The van der Waals surface area contributed by atoms with Gasteiger partial charge >= 0.3 is 0 Å². The number of para-hydroxylation sites is 1. The second kappa shape index (κ2) is 7.21. The molecule has 0 radical (unpaired) electrons. The van der Waals surface area contributed by atoms with Crippen LogP contribution in [0.2, 0.25) is 0 Å². The van der Waals surface area contributed by atoms with Gasteiger partial charge < -0.3 is 5.32 Å². The molecule has 3 nitrogen and oxygen atoms in total. The molecule has 2 aromatic rings. The summed E-state index contributed by atoms with van der Waals surface area (Å²) in [6.07, 6.45) is 3.00. The van der Waals surface area contributed by atoms with Crippen molar-refractivity contribution in [3.63, 3.8) is 0 Å². The van der Waals surface area contributed by atoms with Crippen LogP contribution in [0.3, 0.4) is 0 Å². The molecular weight excluding hydrogens is 272 g/mol. The lowest BCUT2D eigenvalue weighted by Gasteiger charge is -2.15. The van der Waals surface area contributed by atoms with Gasteiger partial charge in [-0.25, -0.2) is 0 Å². The largest absolute Gasteiger partial charge is 0.320 e. The van der Waals surface area contributed by atoms with Gasteiger partial charge in [0.05, 0.1) is 0 Å². The fraction of sp³-hybridized carbons (Fsp3) is 0.368. The molecule has 1 amide bonds. The molecule has 0 aliphatic rings. The highest BCUT2D eigenvalue weighted by Gasteiger charge is 2.16. The second-order valence-corrected chi connectivity index (χ2v) is 5.85. The van der Waals surface area contributed by atoms with E-state index >= 15 is 0 Å². The Labute approximate surface area is 133 Å². The average molecular weight is 297 g/mol. The van der Waals surface area contributed by atoms with E-state index < -0.39 is 0 Å². The standard InChI is InChI=1S/C19H24N2O/c1-5-14(2)17-10-6-7-11-18(17)20-19(22)13-21-12-8-9-15(3)16(21)4/h6-12,14H,5,13H2,1-4H3/p+1/t14-/m1/s1. The van der Waals surface area contributed by atoms with E-state index in [1.807, 2.05) is 42.0 Å². The fourth-order valence-electron chi connectivity index (χ4n) is 2.53. The molecule has 2 rings (SSSR count). The third-order valence-corrected chi connectivity index (χ3v) is 4.31. The molecule has 0 saturated carbocycles. The van der Waals surface area contributed by atoms with E-state index in [2.05, 4.69) is 38.2 Å². The molecule has 3 heteroatoms. The summed E-state index contributed by atoms with van der Waals surface area (Å²) in [6, 6.07) is 12.1. The molecular formula is C19H25N2O+. The van der Waals surface area contributed by atoms with Gasteiger partial charge in [0.25, 0.3) is 5.91 Å². The van der Waals surface area contributed by atoms with Crippen LogP contribution in [0, 0.1) is 13.8 Å². The lowest BCUT2D eigenvalue weighted by Crippen LogP contribution is -2.43. The zero-order valence-electron chi connectivity index (χ0n) is 13.9. The van der Waals surface area contributed by atoms with Crippen LogP contribution in [0.15, 0.2) is 42.6 Å². The van der Waals surface area contributed by atoms with Crippen molar-refractivity contribution >= 4 is 11.6 Å². The number of anilines is 1. The topological polar surface area (TPSA) is 33.0 Å². The Morgan fingerprint density at radius 3 is 2.64 bits per heavy atom. The molecule has 1 heterocycles. The van der Waals surface area contributed by atoms with Crippen molar-refractivity contribution in [1.82, 2.24) is 0 Å². The number of aromatic nitrogens is 1. The predicted molar refractivity (Wildman–Crippen MR) is 89.9 cm³/mol. The van der Waals surface area contributed by atoms with Crippen molar-refractivity contribution in [3.8, 4) is 0 Å². The number of benzene rings is 1. The predicted octanol–water partition coefficient (Wildman–Crippen LogP) is 3.74. The summed E-state index contributed by atoms with van der Waals surface area (Å²) in [4.78, 5) is 12.4. The van der Waals surface area contributed by atoms with Gasteiger partial charge in [-0.2, -0.15) is 4.57 Å². The first-order valence-electron chi connectivity index (χ1n) is 7.87. The van der Waals surface area contributed by atoms with Crippen molar-refractivity contribution < 1.29 is 9.36 Å². The van der Waals surface area contributed by atoms with Crippen molar-refractivity contribution in [2.45, 2.75) is 46.6 Å². The van der Waals surface area contributed by atoms with E-state index in [0.717, 1.165) is 17.8 Å². The monoisotopic (exact) mass is 297 g/mol. The maximum absolute atomic E-state index is 12.4. The molecule has 22 heavy (non-hydrogen) atoms. The summed E-state index contributed by atoms with van der Waals surface area (Å²) in [5, 5.41) is 3.06. The Morgan fingerprint density at radius 1 is 1.18 bits per heavy atom. The smallest absolute Gasteiger partial charge is 0.290 e. The van der Waals surface area contributed by atoms with E-state index in [0.29, 0.717) is 12.5 Å².